The summed E-state index contributed by atoms with van der Waals surface area (Å²) in [5, 5.41) is 3.96. The average molecular weight is 411 g/mol. The number of pyridine rings is 1. The first-order valence-corrected chi connectivity index (χ1v) is 9.30. The molecule has 0 bridgehead atoms. The normalized spacial score (nSPS) is 20.5. The standard InChI is InChI=1S/C18H18ClF3N6/c19-9-5-10-11(7-25-15(10)24-6-9)16-26-8-12(18(20,21)22)17(28-16)27-14-4-2-1-3-13(14)23/h5-8,13-14H,1-4,23H2,(H,24,25)(H,26,27,28)/t13-,14-/m1/s1. The smallest absolute Gasteiger partial charge is 0.365 e. The molecule has 0 aliphatic heterocycles. The van der Waals surface area contributed by atoms with Crippen LogP contribution < -0.4 is 11.1 Å². The number of fused-ring (bicyclic) bond motifs is 1. The Balaban J connectivity index is 1.78. The molecule has 0 aromatic carbocycles. The van der Waals surface area contributed by atoms with E-state index in [0.717, 1.165) is 25.5 Å². The van der Waals surface area contributed by atoms with Crippen LogP contribution in [0.4, 0.5) is 19.0 Å². The molecule has 0 saturated heterocycles. The fraction of sp³-hybridized carbons (Fsp3) is 0.389. The number of halogens is 4. The summed E-state index contributed by atoms with van der Waals surface area (Å²) in [6, 6.07) is 1.18. The van der Waals surface area contributed by atoms with Crippen LogP contribution in [-0.4, -0.2) is 32.0 Å². The van der Waals surface area contributed by atoms with E-state index in [1.807, 2.05) is 0 Å². The van der Waals surface area contributed by atoms with Gasteiger partial charge in [0.25, 0.3) is 0 Å². The minimum Gasteiger partial charge on any atom is -0.365 e. The molecule has 3 aromatic rings. The molecule has 28 heavy (non-hydrogen) atoms. The van der Waals surface area contributed by atoms with Gasteiger partial charge in [-0.3, -0.25) is 0 Å². The lowest BCUT2D eigenvalue weighted by atomic mass is 9.91. The monoisotopic (exact) mass is 410 g/mol. The van der Waals surface area contributed by atoms with Crippen LogP contribution in [0.1, 0.15) is 31.2 Å². The van der Waals surface area contributed by atoms with Crippen molar-refractivity contribution in [2.75, 3.05) is 5.32 Å². The summed E-state index contributed by atoms with van der Waals surface area (Å²) in [6.07, 6.45) is 2.66. The molecule has 4 N–H and O–H groups in total. The molecule has 0 unspecified atom stereocenters. The molecule has 0 amide bonds. The predicted molar refractivity (Wildman–Crippen MR) is 101 cm³/mol. The highest BCUT2D eigenvalue weighted by molar-refractivity contribution is 6.31. The van der Waals surface area contributed by atoms with Gasteiger partial charge < -0.3 is 16.0 Å². The summed E-state index contributed by atoms with van der Waals surface area (Å²) in [5.74, 6) is -0.112. The molecule has 1 fully saturated rings. The van der Waals surface area contributed by atoms with E-state index in [4.69, 9.17) is 17.3 Å². The Kier molecular flexibility index (Phi) is 4.88. The average Bonchev–Trinajstić information content (AvgIpc) is 3.05. The number of hydrogen-bond donors (Lipinski definition) is 3. The van der Waals surface area contributed by atoms with E-state index in [1.54, 1.807) is 12.3 Å². The SMILES string of the molecule is N[C@@H]1CCCC[C@H]1Nc1nc(-c2c[nH]c3ncc(Cl)cc23)ncc1C(F)(F)F. The number of rotatable bonds is 3. The van der Waals surface area contributed by atoms with E-state index in [1.165, 1.54) is 6.20 Å². The highest BCUT2D eigenvalue weighted by atomic mass is 35.5. The third kappa shape index (κ3) is 3.64. The second-order valence-electron chi connectivity index (χ2n) is 6.90. The van der Waals surface area contributed by atoms with Crippen LogP contribution >= 0.6 is 11.6 Å². The zero-order valence-corrected chi connectivity index (χ0v) is 15.5. The molecule has 3 heterocycles. The second kappa shape index (κ2) is 7.21. The molecule has 0 spiro atoms. The van der Waals surface area contributed by atoms with Gasteiger partial charge in [-0.15, -0.1) is 0 Å². The Labute approximate surface area is 163 Å². The fourth-order valence-corrected chi connectivity index (χ4v) is 3.66. The Morgan fingerprint density at radius 2 is 1.96 bits per heavy atom. The first kappa shape index (κ1) is 18.9. The number of hydrogen-bond acceptors (Lipinski definition) is 5. The molecule has 148 valence electrons. The van der Waals surface area contributed by atoms with E-state index >= 15 is 0 Å². The van der Waals surface area contributed by atoms with Crippen molar-refractivity contribution in [3.63, 3.8) is 0 Å². The molecular weight excluding hydrogens is 393 g/mol. The zero-order chi connectivity index (χ0) is 19.9. The highest BCUT2D eigenvalue weighted by Crippen LogP contribution is 2.36. The highest BCUT2D eigenvalue weighted by Gasteiger charge is 2.36. The maximum absolute atomic E-state index is 13.5. The molecular formula is C18H18ClF3N6. The Morgan fingerprint density at radius 3 is 2.71 bits per heavy atom. The molecule has 1 aliphatic rings. The maximum atomic E-state index is 13.5. The van der Waals surface area contributed by atoms with Gasteiger partial charge >= 0.3 is 6.18 Å². The van der Waals surface area contributed by atoms with Crippen LogP contribution in [0.2, 0.25) is 5.02 Å². The molecule has 0 radical (unpaired) electrons. The van der Waals surface area contributed by atoms with E-state index in [9.17, 15) is 13.2 Å². The van der Waals surface area contributed by atoms with Gasteiger partial charge in [0.2, 0.25) is 0 Å². The number of aromatic amines is 1. The number of nitrogens with zero attached hydrogens (tertiary/aromatic N) is 3. The number of nitrogens with two attached hydrogens (primary N) is 1. The number of nitrogens with one attached hydrogen (secondary N) is 2. The topological polar surface area (TPSA) is 92.5 Å². The first-order chi connectivity index (χ1) is 13.3. The van der Waals surface area contributed by atoms with Crippen molar-refractivity contribution in [1.29, 1.82) is 0 Å². The molecule has 1 saturated carbocycles. The number of H-pyrrole nitrogens is 1. The molecule has 1 aliphatic carbocycles. The fourth-order valence-electron chi connectivity index (χ4n) is 3.51. The number of aromatic nitrogens is 4. The van der Waals surface area contributed by atoms with Gasteiger partial charge in [0, 0.05) is 41.6 Å². The van der Waals surface area contributed by atoms with Crippen LogP contribution in [0.3, 0.4) is 0 Å². The van der Waals surface area contributed by atoms with Gasteiger partial charge in [-0.05, 0) is 18.9 Å². The van der Waals surface area contributed by atoms with E-state index in [-0.39, 0.29) is 23.7 Å². The van der Waals surface area contributed by atoms with E-state index < -0.39 is 11.7 Å². The molecule has 4 rings (SSSR count). The third-order valence-electron chi connectivity index (χ3n) is 4.97. The summed E-state index contributed by atoms with van der Waals surface area (Å²) in [7, 11) is 0. The van der Waals surface area contributed by atoms with Gasteiger partial charge in [-0.1, -0.05) is 24.4 Å². The quantitative estimate of drug-likeness (QED) is 0.596. The van der Waals surface area contributed by atoms with E-state index in [2.05, 4.69) is 25.3 Å². The minimum absolute atomic E-state index is 0.148. The lowest BCUT2D eigenvalue weighted by Crippen LogP contribution is -2.43. The lowest BCUT2D eigenvalue weighted by molar-refractivity contribution is -0.137. The van der Waals surface area contributed by atoms with Crippen LogP contribution in [0.15, 0.2) is 24.7 Å². The summed E-state index contributed by atoms with van der Waals surface area (Å²) in [4.78, 5) is 15.3. The predicted octanol–water partition coefficient (Wildman–Crippen LogP) is 4.37. The van der Waals surface area contributed by atoms with Gasteiger partial charge in [-0.25, -0.2) is 15.0 Å². The molecule has 2 atom stereocenters. The van der Waals surface area contributed by atoms with Crippen molar-refractivity contribution in [3.05, 3.63) is 35.2 Å². The van der Waals surface area contributed by atoms with Gasteiger partial charge in [0.05, 0.1) is 5.02 Å². The van der Waals surface area contributed by atoms with Crippen molar-refractivity contribution >= 4 is 28.5 Å². The Morgan fingerprint density at radius 1 is 1.18 bits per heavy atom. The van der Waals surface area contributed by atoms with Gasteiger partial charge in [0.1, 0.15) is 17.0 Å². The third-order valence-corrected chi connectivity index (χ3v) is 5.18. The maximum Gasteiger partial charge on any atom is 0.421 e. The Hall–Kier alpha value is -2.39. The van der Waals surface area contributed by atoms with Crippen LogP contribution in [0.25, 0.3) is 22.4 Å². The van der Waals surface area contributed by atoms with Crippen molar-refractivity contribution in [1.82, 2.24) is 19.9 Å². The van der Waals surface area contributed by atoms with Crippen molar-refractivity contribution in [2.45, 2.75) is 43.9 Å². The summed E-state index contributed by atoms with van der Waals surface area (Å²) in [6.45, 7) is 0. The van der Waals surface area contributed by atoms with Crippen LogP contribution in [0, 0.1) is 0 Å². The van der Waals surface area contributed by atoms with Crippen molar-refractivity contribution < 1.29 is 13.2 Å². The van der Waals surface area contributed by atoms with E-state index in [0.29, 0.717) is 28.0 Å². The summed E-state index contributed by atoms with van der Waals surface area (Å²) in [5.41, 5.74) is 6.25. The largest absolute Gasteiger partial charge is 0.421 e. The van der Waals surface area contributed by atoms with Crippen molar-refractivity contribution in [2.24, 2.45) is 5.73 Å². The summed E-state index contributed by atoms with van der Waals surface area (Å²) >= 11 is 6.00. The van der Waals surface area contributed by atoms with Gasteiger partial charge in [-0.2, -0.15) is 13.2 Å². The van der Waals surface area contributed by atoms with Crippen LogP contribution in [0.5, 0.6) is 0 Å². The Bertz CT molecular complexity index is 1000. The van der Waals surface area contributed by atoms with Crippen molar-refractivity contribution in [3.8, 4) is 11.4 Å². The molecule has 6 nitrogen and oxygen atoms in total. The molecule has 10 heteroatoms. The second-order valence-corrected chi connectivity index (χ2v) is 7.34. The molecule has 3 aromatic heterocycles. The first-order valence-electron chi connectivity index (χ1n) is 8.92. The zero-order valence-electron chi connectivity index (χ0n) is 14.7. The number of alkyl halides is 3. The van der Waals surface area contributed by atoms with Crippen LogP contribution in [-0.2, 0) is 6.18 Å². The number of anilines is 1. The minimum atomic E-state index is -4.58. The van der Waals surface area contributed by atoms with Gasteiger partial charge in [0.15, 0.2) is 5.82 Å². The lowest BCUT2D eigenvalue weighted by Gasteiger charge is -2.30. The summed E-state index contributed by atoms with van der Waals surface area (Å²) < 4.78 is 40.5.